The number of carboxylic acid groups (broad SMARTS) is 1. The minimum Gasteiger partial charge on any atom is -0.478 e. The molecule has 0 aliphatic rings. The lowest BCUT2D eigenvalue weighted by Gasteiger charge is -2.14. The lowest BCUT2D eigenvalue weighted by Crippen LogP contribution is -2.27. The van der Waals surface area contributed by atoms with Crippen molar-refractivity contribution in [3.05, 3.63) is 27.3 Å². The maximum Gasteiger partial charge on any atom is 0.336 e. The van der Waals surface area contributed by atoms with Gasteiger partial charge in [-0.2, -0.15) is 4.31 Å². The Hall–Kier alpha value is -1.11. The van der Waals surface area contributed by atoms with Crippen LogP contribution in [0.1, 0.15) is 10.4 Å². The molecule has 18 heavy (non-hydrogen) atoms. The number of rotatable bonds is 4. The summed E-state index contributed by atoms with van der Waals surface area (Å²) >= 11 is 1.83. The molecule has 0 saturated carbocycles. The average Bonchev–Trinajstić information content (AvgIpc) is 2.29. The van der Waals surface area contributed by atoms with Crippen LogP contribution in [0.3, 0.4) is 0 Å². The molecule has 1 N–H and O–H groups in total. The number of carbonyl (C=O) groups is 1. The number of nitrogens with zero attached hydrogens (tertiary/aromatic N) is 1. The second-order valence-electron chi connectivity index (χ2n) is 3.41. The van der Waals surface area contributed by atoms with Crippen molar-refractivity contribution in [3.63, 3.8) is 0 Å². The molecule has 5 nitrogen and oxygen atoms in total. The molecule has 7 heteroatoms. The zero-order valence-electron chi connectivity index (χ0n) is 9.42. The Bertz CT molecular complexity index is 618. The van der Waals surface area contributed by atoms with Crippen LogP contribution in [-0.2, 0) is 10.0 Å². The normalized spacial score (nSPS) is 11.2. The number of aromatic carboxylic acids is 1. The molecule has 0 radical (unpaired) electrons. The second kappa shape index (κ2) is 5.69. The van der Waals surface area contributed by atoms with E-state index >= 15 is 0 Å². The molecule has 0 unspecified atom stereocenters. The van der Waals surface area contributed by atoms with Gasteiger partial charge in [0.25, 0.3) is 0 Å². The largest absolute Gasteiger partial charge is 0.478 e. The van der Waals surface area contributed by atoms with Gasteiger partial charge in [-0.25, -0.2) is 13.2 Å². The Labute approximate surface area is 119 Å². The van der Waals surface area contributed by atoms with Crippen LogP contribution in [0.4, 0.5) is 0 Å². The van der Waals surface area contributed by atoms with Crippen LogP contribution in [-0.4, -0.2) is 37.4 Å². The van der Waals surface area contributed by atoms with Crippen molar-refractivity contribution in [1.29, 1.82) is 0 Å². The molecular formula is C11H10INO4S. The predicted octanol–water partition coefficient (Wildman–Crippen LogP) is 1.24. The van der Waals surface area contributed by atoms with Gasteiger partial charge in [0.15, 0.2) is 0 Å². The topological polar surface area (TPSA) is 74.7 Å². The van der Waals surface area contributed by atoms with E-state index in [0.29, 0.717) is 3.57 Å². The summed E-state index contributed by atoms with van der Waals surface area (Å²) in [7, 11) is -2.41. The highest BCUT2D eigenvalue weighted by Gasteiger charge is 2.22. The number of hydrogen-bond donors (Lipinski definition) is 1. The lowest BCUT2D eigenvalue weighted by molar-refractivity contribution is 0.0695. The van der Waals surface area contributed by atoms with Crippen LogP contribution in [0.15, 0.2) is 23.1 Å². The summed E-state index contributed by atoms with van der Waals surface area (Å²) in [6.07, 6.45) is 5.06. The van der Waals surface area contributed by atoms with Crippen molar-refractivity contribution in [1.82, 2.24) is 4.31 Å². The van der Waals surface area contributed by atoms with E-state index in [1.54, 1.807) is 0 Å². The minimum atomic E-state index is -3.75. The van der Waals surface area contributed by atoms with Crippen molar-refractivity contribution >= 4 is 38.6 Å². The van der Waals surface area contributed by atoms with Crippen LogP contribution < -0.4 is 0 Å². The number of halogens is 1. The molecule has 0 amide bonds. The van der Waals surface area contributed by atoms with Gasteiger partial charge in [0.1, 0.15) is 0 Å². The molecule has 0 aliphatic heterocycles. The fourth-order valence-electron chi connectivity index (χ4n) is 1.22. The fourth-order valence-corrected chi connectivity index (χ4v) is 2.90. The molecular weight excluding hydrogens is 369 g/mol. The molecule has 0 aliphatic carbocycles. The van der Waals surface area contributed by atoms with Crippen molar-refractivity contribution in [2.75, 3.05) is 13.6 Å². The zero-order valence-corrected chi connectivity index (χ0v) is 12.4. The van der Waals surface area contributed by atoms with Crippen LogP contribution >= 0.6 is 22.6 Å². The highest BCUT2D eigenvalue weighted by molar-refractivity contribution is 14.1. The fraction of sp³-hybridized carbons (Fsp3) is 0.182. The van der Waals surface area contributed by atoms with Crippen molar-refractivity contribution < 1.29 is 18.3 Å². The van der Waals surface area contributed by atoms with Gasteiger partial charge in [-0.3, -0.25) is 0 Å². The average molecular weight is 379 g/mol. The lowest BCUT2D eigenvalue weighted by atomic mass is 10.2. The monoisotopic (exact) mass is 379 g/mol. The van der Waals surface area contributed by atoms with Gasteiger partial charge in [-0.15, -0.1) is 6.42 Å². The van der Waals surface area contributed by atoms with E-state index in [0.717, 1.165) is 10.4 Å². The molecule has 0 atom stereocenters. The van der Waals surface area contributed by atoms with Gasteiger partial charge in [0.2, 0.25) is 10.0 Å². The maximum atomic E-state index is 12.0. The molecule has 0 fully saturated rings. The first-order valence-corrected chi connectivity index (χ1v) is 7.25. The molecule has 1 rings (SSSR count). The van der Waals surface area contributed by atoms with Gasteiger partial charge in [-0.1, -0.05) is 5.92 Å². The summed E-state index contributed by atoms with van der Waals surface area (Å²) in [6.45, 7) is -0.0727. The third-order valence-electron chi connectivity index (χ3n) is 2.19. The van der Waals surface area contributed by atoms with Gasteiger partial charge < -0.3 is 5.11 Å². The first-order valence-electron chi connectivity index (χ1n) is 4.73. The molecule has 96 valence electrons. The van der Waals surface area contributed by atoms with Crippen molar-refractivity contribution in [2.24, 2.45) is 0 Å². The minimum absolute atomic E-state index is 0.0502. The van der Waals surface area contributed by atoms with Crippen LogP contribution in [0.2, 0.25) is 0 Å². The predicted molar refractivity (Wildman–Crippen MR) is 74.8 cm³/mol. The number of carboxylic acids is 1. The molecule has 0 aromatic heterocycles. The third-order valence-corrected chi connectivity index (χ3v) is 4.93. The summed E-state index contributed by atoms with van der Waals surface area (Å²) in [6, 6.07) is 3.93. The van der Waals surface area contributed by atoms with E-state index in [2.05, 4.69) is 5.92 Å². The van der Waals surface area contributed by atoms with Gasteiger partial charge in [0, 0.05) is 10.6 Å². The first kappa shape index (κ1) is 14.9. The standard InChI is InChI=1S/C11H10INO4S/c1-3-6-13(2)18(16,17)8-4-5-10(12)9(7-8)11(14)15/h1,4-5,7H,6H2,2H3,(H,14,15). The smallest absolute Gasteiger partial charge is 0.336 e. The summed E-state index contributed by atoms with van der Waals surface area (Å²) < 4.78 is 25.5. The Kier molecular flexibility index (Phi) is 4.72. The SMILES string of the molecule is C#CCN(C)S(=O)(=O)c1ccc(I)c(C(=O)O)c1. The third kappa shape index (κ3) is 3.01. The van der Waals surface area contributed by atoms with Crippen LogP contribution in [0.25, 0.3) is 0 Å². The number of sulfonamides is 1. The summed E-state index contributed by atoms with van der Waals surface area (Å²) in [4.78, 5) is 10.9. The first-order chi connectivity index (χ1) is 8.30. The summed E-state index contributed by atoms with van der Waals surface area (Å²) in [5.41, 5.74) is -0.0502. The highest BCUT2D eigenvalue weighted by atomic mass is 127. The van der Waals surface area contributed by atoms with Gasteiger partial charge in [0.05, 0.1) is 17.0 Å². The van der Waals surface area contributed by atoms with E-state index in [9.17, 15) is 13.2 Å². The molecule has 0 spiro atoms. The Morgan fingerprint density at radius 1 is 1.56 bits per heavy atom. The Morgan fingerprint density at radius 3 is 2.67 bits per heavy atom. The Balaban J connectivity index is 3.31. The van der Waals surface area contributed by atoms with E-state index in [1.807, 2.05) is 22.6 Å². The van der Waals surface area contributed by atoms with Crippen LogP contribution in [0, 0.1) is 15.9 Å². The molecule has 1 aromatic rings. The maximum absolute atomic E-state index is 12.0. The van der Waals surface area contributed by atoms with Gasteiger partial charge >= 0.3 is 5.97 Å². The highest BCUT2D eigenvalue weighted by Crippen LogP contribution is 2.20. The van der Waals surface area contributed by atoms with Gasteiger partial charge in [-0.05, 0) is 40.8 Å². The summed E-state index contributed by atoms with van der Waals surface area (Å²) in [5.74, 6) is 1.05. The van der Waals surface area contributed by atoms with E-state index in [-0.39, 0.29) is 17.0 Å². The zero-order chi connectivity index (χ0) is 13.9. The second-order valence-corrected chi connectivity index (χ2v) is 6.62. The molecule has 0 saturated heterocycles. The van der Waals surface area contributed by atoms with Crippen molar-refractivity contribution in [3.8, 4) is 12.3 Å². The Morgan fingerprint density at radius 2 is 2.17 bits per heavy atom. The van der Waals surface area contributed by atoms with E-state index in [4.69, 9.17) is 11.5 Å². The molecule has 0 bridgehead atoms. The molecule has 1 aromatic carbocycles. The summed E-state index contributed by atoms with van der Waals surface area (Å²) in [5, 5.41) is 8.95. The number of benzene rings is 1. The number of terminal acetylenes is 1. The van der Waals surface area contributed by atoms with Crippen LogP contribution in [0.5, 0.6) is 0 Å². The van der Waals surface area contributed by atoms with E-state index in [1.165, 1.54) is 19.2 Å². The quantitative estimate of drug-likeness (QED) is 0.631. The molecule has 0 heterocycles. The van der Waals surface area contributed by atoms with E-state index < -0.39 is 16.0 Å². The van der Waals surface area contributed by atoms with Crippen molar-refractivity contribution in [2.45, 2.75) is 4.90 Å². The number of hydrogen-bond acceptors (Lipinski definition) is 3.